The monoisotopic (exact) mass is 169 g/mol. The highest BCUT2D eigenvalue weighted by Crippen LogP contribution is 2.05. The topological polar surface area (TPSA) is 35.9 Å². The maximum Gasteiger partial charge on any atom is 0.269 e. The number of likely N-dealkylation sites (tertiary alicyclic amines) is 1. The average Bonchev–Trinajstić information content (AvgIpc) is 2.36. The Morgan fingerprint density at radius 3 is 2.75 bits per heavy atom. The summed E-state index contributed by atoms with van der Waals surface area (Å²) in [4.78, 5) is 13.0. The van der Waals surface area contributed by atoms with Gasteiger partial charge < -0.3 is 4.90 Å². The summed E-state index contributed by atoms with van der Waals surface area (Å²) in [7, 11) is 3.68. The van der Waals surface area contributed by atoms with Gasteiger partial charge >= 0.3 is 0 Å². The zero-order valence-corrected chi connectivity index (χ0v) is 7.87. The summed E-state index contributed by atoms with van der Waals surface area (Å²) < 4.78 is 0. The molecule has 0 unspecified atom stereocenters. The van der Waals surface area contributed by atoms with Crippen molar-refractivity contribution in [1.29, 1.82) is 0 Å². The lowest BCUT2D eigenvalue weighted by Gasteiger charge is -2.10. The number of carbonyl (C=O) groups excluding carboxylic acids is 1. The maximum atomic E-state index is 11.3. The largest absolute Gasteiger partial charge is 0.340 e. The molecule has 1 fully saturated rings. The van der Waals surface area contributed by atoms with E-state index in [0.717, 1.165) is 19.5 Å². The predicted molar refractivity (Wildman–Crippen MR) is 48.0 cm³/mol. The molecule has 0 bridgehead atoms. The first-order valence-corrected chi connectivity index (χ1v) is 4.19. The van der Waals surface area contributed by atoms with Gasteiger partial charge in [-0.15, -0.1) is 0 Å². The van der Waals surface area contributed by atoms with Crippen LogP contribution in [-0.2, 0) is 4.79 Å². The molecule has 1 amide bonds. The van der Waals surface area contributed by atoms with E-state index in [9.17, 15) is 4.79 Å². The van der Waals surface area contributed by atoms with Crippen LogP contribution in [0.1, 0.15) is 13.3 Å². The third-order valence-corrected chi connectivity index (χ3v) is 2.03. The van der Waals surface area contributed by atoms with Gasteiger partial charge in [0, 0.05) is 33.6 Å². The molecule has 1 aliphatic rings. The molecule has 0 aliphatic carbocycles. The highest BCUT2D eigenvalue weighted by atomic mass is 16.2. The predicted octanol–water partition coefficient (Wildman–Crippen LogP) is 0.156. The zero-order chi connectivity index (χ0) is 9.14. The van der Waals surface area contributed by atoms with Crippen molar-refractivity contribution in [3.8, 4) is 0 Å². The Kier molecular flexibility index (Phi) is 2.68. The summed E-state index contributed by atoms with van der Waals surface area (Å²) in [6.07, 6.45) is 0.777. The summed E-state index contributed by atoms with van der Waals surface area (Å²) in [5.41, 5.74) is 0.682. The third kappa shape index (κ3) is 1.75. The van der Waals surface area contributed by atoms with Gasteiger partial charge in [-0.1, -0.05) is 0 Å². The number of nitrogens with zero attached hydrogens (tertiary/aromatic N) is 3. The van der Waals surface area contributed by atoms with Crippen LogP contribution in [0.15, 0.2) is 5.10 Å². The lowest BCUT2D eigenvalue weighted by Crippen LogP contribution is -2.24. The molecule has 1 heterocycles. The fourth-order valence-electron chi connectivity index (χ4n) is 1.07. The van der Waals surface area contributed by atoms with E-state index in [0.29, 0.717) is 5.71 Å². The number of hydrogen-bond acceptors (Lipinski definition) is 3. The smallest absolute Gasteiger partial charge is 0.269 e. The summed E-state index contributed by atoms with van der Waals surface area (Å²) in [5.74, 6) is 0.0651. The van der Waals surface area contributed by atoms with Gasteiger partial charge in [0.05, 0.1) is 0 Å². The molecule has 0 aromatic rings. The molecule has 4 nitrogen and oxygen atoms in total. The summed E-state index contributed by atoms with van der Waals surface area (Å²) in [6, 6.07) is 0. The van der Waals surface area contributed by atoms with Crippen LogP contribution in [0.2, 0.25) is 0 Å². The number of amides is 1. The van der Waals surface area contributed by atoms with Crippen molar-refractivity contribution in [3.63, 3.8) is 0 Å². The van der Waals surface area contributed by atoms with Crippen molar-refractivity contribution in [2.45, 2.75) is 13.3 Å². The number of hydrogen-bond donors (Lipinski definition) is 0. The van der Waals surface area contributed by atoms with Crippen molar-refractivity contribution >= 4 is 11.6 Å². The van der Waals surface area contributed by atoms with Gasteiger partial charge in [-0.3, -0.25) is 9.80 Å². The van der Waals surface area contributed by atoms with E-state index in [1.54, 1.807) is 17.0 Å². The number of hydrazone groups is 1. The van der Waals surface area contributed by atoms with Crippen molar-refractivity contribution in [1.82, 2.24) is 9.91 Å². The second-order valence-corrected chi connectivity index (χ2v) is 3.00. The average molecular weight is 169 g/mol. The maximum absolute atomic E-state index is 11.3. The van der Waals surface area contributed by atoms with Crippen LogP contribution < -0.4 is 0 Å². The summed E-state index contributed by atoms with van der Waals surface area (Å²) >= 11 is 0. The minimum absolute atomic E-state index is 0.0651. The van der Waals surface area contributed by atoms with E-state index < -0.39 is 0 Å². The Bertz CT molecular complexity index is 212. The van der Waals surface area contributed by atoms with Gasteiger partial charge in [0.1, 0.15) is 5.71 Å². The highest BCUT2D eigenvalue weighted by molar-refractivity contribution is 6.40. The fourth-order valence-corrected chi connectivity index (χ4v) is 1.07. The van der Waals surface area contributed by atoms with Crippen LogP contribution in [0.4, 0.5) is 0 Å². The molecule has 1 saturated heterocycles. The van der Waals surface area contributed by atoms with Crippen LogP contribution in [0.5, 0.6) is 0 Å². The molecule has 0 aromatic carbocycles. The molecule has 0 saturated carbocycles. The fraction of sp³-hybridized carbons (Fsp3) is 0.750. The van der Waals surface area contributed by atoms with Crippen LogP contribution in [0.3, 0.4) is 0 Å². The SMILES string of the molecule is CCN(C)/N=C1/CCN(C)C1=O. The number of rotatable bonds is 2. The molecule has 0 atom stereocenters. The molecule has 68 valence electrons. The van der Waals surface area contributed by atoms with Gasteiger partial charge in [0.2, 0.25) is 0 Å². The van der Waals surface area contributed by atoms with Gasteiger partial charge in [-0.25, -0.2) is 0 Å². The molecule has 12 heavy (non-hydrogen) atoms. The zero-order valence-electron chi connectivity index (χ0n) is 7.87. The molecular formula is C8H15N3O. The molecule has 1 rings (SSSR count). The van der Waals surface area contributed by atoms with E-state index in [1.165, 1.54) is 0 Å². The Labute approximate surface area is 72.8 Å². The minimum atomic E-state index is 0.0651. The first kappa shape index (κ1) is 9.03. The van der Waals surface area contributed by atoms with E-state index in [2.05, 4.69) is 5.10 Å². The normalized spacial score (nSPS) is 20.8. The van der Waals surface area contributed by atoms with E-state index >= 15 is 0 Å². The molecule has 1 aliphatic heterocycles. The second-order valence-electron chi connectivity index (χ2n) is 3.00. The van der Waals surface area contributed by atoms with E-state index in [4.69, 9.17) is 0 Å². The van der Waals surface area contributed by atoms with Crippen LogP contribution in [-0.4, -0.2) is 48.7 Å². The first-order chi connectivity index (χ1) is 5.65. The first-order valence-electron chi connectivity index (χ1n) is 4.19. The quantitative estimate of drug-likeness (QED) is 0.552. The van der Waals surface area contributed by atoms with Gasteiger partial charge in [-0.2, -0.15) is 5.10 Å². The molecule has 0 spiro atoms. The van der Waals surface area contributed by atoms with Gasteiger partial charge in [-0.05, 0) is 6.92 Å². The van der Waals surface area contributed by atoms with Crippen molar-refractivity contribution in [2.24, 2.45) is 5.10 Å². The Hall–Kier alpha value is -1.06. The van der Waals surface area contributed by atoms with E-state index in [1.807, 2.05) is 14.0 Å². The molecule has 0 N–H and O–H groups in total. The molecule has 4 heteroatoms. The van der Waals surface area contributed by atoms with Crippen molar-refractivity contribution in [3.05, 3.63) is 0 Å². The van der Waals surface area contributed by atoms with Gasteiger partial charge in [0.25, 0.3) is 5.91 Å². The Morgan fingerprint density at radius 2 is 2.33 bits per heavy atom. The third-order valence-electron chi connectivity index (χ3n) is 2.03. The van der Waals surface area contributed by atoms with Gasteiger partial charge in [0.15, 0.2) is 0 Å². The van der Waals surface area contributed by atoms with Crippen LogP contribution >= 0.6 is 0 Å². The lowest BCUT2D eigenvalue weighted by atomic mass is 10.3. The van der Waals surface area contributed by atoms with Crippen LogP contribution in [0.25, 0.3) is 0 Å². The van der Waals surface area contributed by atoms with Crippen LogP contribution in [0, 0.1) is 0 Å². The number of carbonyl (C=O) groups is 1. The summed E-state index contributed by atoms with van der Waals surface area (Å²) in [6.45, 7) is 3.64. The molecule has 0 aromatic heterocycles. The van der Waals surface area contributed by atoms with Crippen molar-refractivity contribution < 1.29 is 4.79 Å². The second kappa shape index (κ2) is 3.56. The Balaban J connectivity index is 2.64. The molecule has 0 radical (unpaired) electrons. The minimum Gasteiger partial charge on any atom is -0.340 e. The van der Waals surface area contributed by atoms with E-state index in [-0.39, 0.29) is 5.91 Å². The molecular weight excluding hydrogens is 154 g/mol. The lowest BCUT2D eigenvalue weighted by molar-refractivity contribution is -0.121. The Morgan fingerprint density at radius 1 is 1.67 bits per heavy atom. The summed E-state index contributed by atoms with van der Waals surface area (Å²) in [5, 5.41) is 5.97. The van der Waals surface area contributed by atoms with Crippen molar-refractivity contribution in [2.75, 3.05) is 27.2 Å². The standard InChI is InChI=1S/C8H15N3O/c1-4-11(3)9-7-5-6-10(2)8(7)12/h4-6H2,1-3H3/b9-7-. The highest BCUT2D eigenvalue weighted by Gasteiger charge is 2.24.